The number of amides is 3. The monoisotopic (exact) mass is 431 g/mol. The highest BCUT2D eigenvalue weighted by molar-refractivity contribution is 6.06. The van der Waals surface area contributed by atoms with Gasteiger partial charge in [-0.2, -0.15) is 0 Å². The first-order chi connectivity index (χ1) is 15.5. The van der Waals surface area contributed by atoms with E-state index in [2.05, 4.69) is 15.6 Å². The molecule has 1 unspecified atom stereocenters. The third-order valence-electron chi connectivity index (χ3n) is 5.95. The number of aliphatic hydroxyl groups excluding tert-OH is 1. The van der Waals surface area contributed by atoms with Crippen LogP contribution in [0.5, 0.6) is 0 Å². The Labute approximate surface area is 183 Å². The molecule has 1 fully saturated rings. The van der Waals surface area contributed by atoms with Crippen LogP contribution in [0.3, 0.4) is 0 Å². The maximum atomic E-state index is 13.0. The molecule has 5 rings (SSSR count). The lowest BCUT2D eigenvalue weighted by Gasteiger charge is -2.29. The second-order valence-corrected chi connectivity index (χ2v) is 7.92. The molecule has 32 heavy (non-hydrogen) atoms. The van der Waals surface area contributed by atoms with Crippen molar-refractivity contribution < 1.29 is 19.5 Å². The summed E-state index contributed by atoms with van der Waals surface area (Å²) in [5.41, 5.74) is 4.61. The summed E-state index contributed by atoms with van der Waals surface area (Å²) in [5.74, 6) is -0.958. The summed E-state index contributed by atoms with van der Waals surface area (Å²) < 4.78 is 1.66. The minimum Gasteiger partial charge on any atom is -0.396 e. The van der Waals surface area contributed by atoms with Gasteiger partial charge in [0.15, 0.2) is 0 Å². The van der Waals surface area contributed by atoms with Crippen LogP contribution in [0.25, 0.3) is 16.9 Å². The fraction of sp³-hybridized carbons (Fsp3) is 0.261. The predicted molar refractivity (Wildman–Crippen MR) is 114 cm³/mol. The van der Waals surface area contributed by atoms with Crippen molar-refractivity contribution in [2.75, 3.05) is 6.61 Å². The molecule has 9 nitrogen and oxygen atoms in total. The first-order valence-corrected chi connectivity index (χ1v) is 10.4. The number of aromatic nitrogens is 3. The van der Waals surface area contributed by atoms with E-state index < -0.39 is 11.9 Å². The Morgan fingerprint density at radius 2 is 1.84 bits per heavy atom. The van der Waals surface area contributed by atoms with Crippen LogP contribution in [0.4, 0.5) is 0 Å². The van der Waals surface area contributed by atoms with Crippen molar-refractivity contribution in [3.63, 3.8) is 0 Å². The minimum atomic E-state index is -0.659. The Morgan fingerprint density at radius 3 is 2.59 bits per heavy atom. The number of hydrogen-bond acceptors (Lipinski definition) is 6. The number of fused-ring (bicyclic) bond motifs is 1. The van der Waals surface area contributed by atoms with Crippen molar-refractivity contribution in [1.29, 1.82) is 0 Å². The molecule has 3 heterocycles. The fourth-order valence-corrected chi connectivity index (χ4v) is 4.28. The number of aliphatic hydroxyl groups is 1. The zero-order chi connectivity index (χ0) is 22.2. The van der Waals surface area contributed by atoms with E-state index in [1.165, 1.54) is 4.90 Å². The van der Waals surface area contributed by atoms with E-state index >= 15 is 0 Å². The Morgan fingerprint density at radius 1 is 1.06 bits per heavy atom. The van der Waals surface area contributed by atoms with Gasteiger partial charge in [0.05, 0.1) is 11.9 Å². The summed E-state index contributed by atoms with van der Waals surface area (Å²) in [4.78, 5) is 38.3. The van der Waals surface area contributed by atoms with Crippen LogP contribution < -0.4 is 5.32 Å². The van der Waals surface area contributed by atoms with Crippen LogP contribution >= 0.6 is 0 Å². The second-order valence-electron chi connectivity index (χ2n) is 7.92. The van der Waals surface area contributed by atoms with Crippen molar-refractivity contribution in [2.24, 2.45) is 0 Å². The highest BCUT2D eigenvalue weighted by atomic mass is 16.3. The molecule has 2 aliphatic heterocycles. The number of imide groups is 1. The summed E-state index contributed by atoms with van der Waals surface area (Å²) >= 11 is 0. The van der Waals surface area contributed by atoms with Gasteiger partial charge in [-0.05, 0) is 42.2 Å². The Bertz CT molecular complexity index is 1220. The Hall–Kier alpha value is -3.85. The van der Waals surface area contributed by atoms with Crippen LogP contribution in [0, 0.1) is 0 Å². The van der Waals surface area contributed by atoms with Gasteiger partial charge in [-0.15, -0.1) is 5.10 Å². The Kier molecular flexibility index (Phi) is 5.02. The molecule has 2 aliphatic rings. The van der Waals surface area contributed by atoms with E-state index in [9.17, 15) is 14.4 Å². The van der Waals surface area contributed by atoms with E-state index in [4.69, 9.17) is 5.11 Å². The van der Waals surface area contributed by atoms with Crippen LogP contribution in [0.2, 0.25) is 0 Å². The van der Waals surface area contributed by atoms with Crippen LogP contribution in [-0.2, 0) is 22.6 Å². The van der Waals surface area contributed by atoms with Gasteiger partial charge in [-0.25, -0.2) is 4.68 Å². The number of carbonyl (C=O) groups is 3. The van der Waals surface area contributed by atoms with Crippen LogP contribution in [0.15, 0.2) is 48.7 Å². The van der Waals surface area contributed by atoms with Gasteiger partial charge in [0.25, 0.3) is 5.91 Å². The Balaban J connectivity index is 1.43. The normalized spacial score (nSPS) is 18.1. The third kappa shape index (κ3) is 3.46. The van der Waals surface area contributed by atoms with Gasteiger partial charge >= 0.3 is 0 Å². The van der Waals surface area contributed by atoms with E-state index in [0.717, 1.165) is 22.4 Å². The molecule has 0 radical (unpaired) electrons. The predicted octanol–water partition coefficient (Wildman–Crippen LogP) is 1.23. The van der Waals surface area contributed by atoms with Gasteiger partial charge in [-0.3, -0.25) is 19.7 Å². The smallest absolute Gasteiger partial charge is 0.255 e. The topological polar surface area (TPSA) is 117 Å². The molecular formula is C23H21N5O4. The van der Waals surface area contributed by atoms with Gasteiger partial charge in [0.2, 0.25) is 11.8 Å². The quantitative estimate of drug-likeness (QED) is 0.587. The zero-order valence-electron chi connectivity index (χ0n) is 17.2. The molecule has 0 aliphatic carbocycles. The first-order valence-electron chi connectivity index (χ1n) is 10.4. The highest BCUT2D eigenvalue weighted by Gasteiger charge is 2.40. The molecule has 3 amide bonds. The number of piperidine rings is 1. The molecule has 3 aromatic rings. The SMILES string of the molecule is O=C1CCC(N2Cc3c(cccc3-c3cn(-c4ccc(CCO)cc4)nn3)C2=O)C(=O)N1. The maximum Gasteiger partial charge on any atom is 0.255 e. The molecule has 2 aromatic carbocycles. The lowest BCUT2D eigenvalue weighted by molar-refractivity contribution is -0.136. The van der Waals surface area contributed by atoms with Crippen molar-refractivity contribution in [3.8, 4) is 16.9 Å². The molecule has 0 bridgehead atoms. The molecular weight excluding hydrogens is 410 g/mol. The number of carbonyl (C=O) groups excluding carboxylic acids is 3. The fourth-order valence-electron chi connectivity index (χ4n) is 4.28. The van der Waals surface area contributed by atoms with Gasteiger partial charge < -0.3 is 10.0 Å². The average Bonchev–Trinajstić information content (AvgIpc) is 3.40. The second kappa shape index (κ2) is 8.01. The minimum absolute atomic E-state index is 0.0977. The molecule has 1 aromatic heterocycles. The molecule has 1 atom stereocenters. The lowest BCUT2D eigenvalue weighted by atomic mass is 10.0. The number of hydrogen-bond donors (Lipinski definition) is 2. The molecule has 0 saturated carbocycles. The van der Waals surface area contributed by atoms with Crippen molar-refractivity contribution in [2.45, 2.75) is 31.8 Å². The molecule has 9 heteroatoms. The summed E-state index contributed by atoms with van der Waals surface area (Å²) in [7, 11) is 0. The standard InChI is InChI=1S/C23H21N5O4/c29-11-10-14-4-6-15(7-5-14)28-13-19(25-26-28)16-2-1-3-17-18(16)12-27(23(17)32)20-8-9-21(30)24-22(20)31/h1-7,13,20,29H,8-12H2,(H,24,30,31). The summed E-state index contributed by atoms with van der Waals surface area (Å²) in [6.07, 6.45) is 2.93. The molecule has 162 valence electrons. The van der Waals surface area contributed by atoms with E-state index in [1.54, 1.807) is 23.0 Å². The average molecular weight is 431 g/mol. The molecule has 1 saturated heterocycles. The van der Waals surface area contributed by atoms with Crippen LogP contribution in [0.1, 0.15) is 34.3 Å². The van der Waals surface area contributed by atoms with E-state index in [1.807, 2.05) is 30.3 Å². The van der Waals surface area contributed by atoms with Crippen molar-refractivity contribution in [1.82, 2.24) is 25.2 Å². The number of nitrogens with one attached hydrogen (secondary N) is 1. The first kappa shape index (κ1) is 20.1. The highest BCUT2D eigenvalue weighted by Crippen LogP contribution is 2.34. The summed E-state index contributed by atoms with van der Waals surface area (Å²) in [5, 5.41) is 19.9. The molecule has 2 N–H and O–H groups in total. The summed E-state index contributed by atoms with van der Waals surface area (Å²) in [6, 6.07) is 12.5. The third-order valence-corrected chi connectivity index (χ3v) is 5.95. The van der Waals surface area contributed by atoms with Crippen molar-refractivity contribution >= 4 is 17.7 Å². The van der Waals surface area contributed by atoms with E-state index in [0.29, 0.717) is 24.1 Å². The molecule has 0 spiro atoms. The largest absolute Gasteiger partial charge is 0.396 e. The van der Waals surface area contributed by atoms with Crippen LogP contribution in [-0.4, -0.2) is 55.4 Å². The van der Waals surface area contributed by atoms with Gasteiger partial charge in [0.1, 0.15) is 11.7 Å². The number of rotatable bonds is 5. The maximum absolute atomic E-state index is 13.0. The van der Waals surface area contributed by atoms with Gasteiger partial charge in [0, 0.05) is 30.7 Å². The number of nitrogens with zero attached hydrogens (tertiary/aromatic N) is 4. The zero-order valence-corrected chi connectivity index (χ0v) is 17.2. The number of benzene rings is 2. The summed E-state index contributed by atoms with van der Waals surface area (Å²) in [6.45, 7) is 0.375. The van der Waals surface area contributed by atoms with E-state index in [-0.39, 0.29) is 31.4 Å². The van der Waals surface area contributed by atoms with Gasteiger partial charge in [-0.1, -0.05) is 29.5 Å². The lowest BCUT2D eigenvalue weighted by Crippen LogP contribution is -2.52. The van der Waals surface area contributed by atoms with Crippen molar-refractivity contribution in [3.05, 3.63) is 65.4 Å².